The molecule has 1 aliphatic heterocycles. The number of hydrogen-bond donors (Lipinski definition) is 0. The molecule has 0 spiro atoms. The van der Waals surface area contributed by atoms with E-state index in [0.29, 0.717) is 0 Å². The van der Waals surface area contributed by atoms with Crippen LogP contribution in [0.25, 0.3) is 0 Å². The Kier molecular flexibility index (Phi) is 4.26. The second kappa shape index (κ2) is 5.91. The van der Waals surface area contributed by atoms with Crippen LogP contribution in [-0.2, 0) is 4.74 Å². The molecule has 0 radical (unpaired) electrons. The second-order valence-electron chi connectivity index (χ2n) is 4.64. The fourth-order valence-electron chi connectivity index (χ4n) is 2.14. The van der Waals surface area contributed by atoms with E-state index in [0.717, 1.165) is 36.4 Å². The summed E-state index contributed by atoms with van der Waals surface area (Å²) >= 11 is 0. The third-order valence-electron chi connectivity index (χ3n) is 3.22. The molecule has 0 amide bonds. The van der Waals surface area contributed by atoms with Crippen LogP contribution in [0.4, 0.5) is 5.69 Å². The summed E-state index contributed by atoms with van der Waals surface area (Å²) < 4.78 is 5.54. The van der Waals surface area contributed by atoms with Crippen LogP contribution >= 0.6 is 0 Å². The molecule has 0 N–H and O–H groups in total. The highest BCUT2D eigenvalue weighted by Gasteiger charge is 2.15. The lowest BCUT2D eigenvalue weighted by molar-refractivity contribution is 0.0634. The Morgan fingerprint density at radius 1 is 1.33 bits per heavy atom. The van der Waals surface area contributed by atoms with Gasteiger partial charge in [-0.15, -0.1) is 0 Å². The maximum Gasteiger partial charge on any atom is 0.0719 e. The average Bonchev–Trinajstić information content (AvgIpc) is 2.38. The molecule has 3 heteroatoms. The minimum absolute atomic E-state index is 0.283. The van der Waals surface area contributed by atoms with Crippen molar-refractivity contribution in [3.05, 3.63) is 29.8 Å². The van der Waals surface area contributed by atoms with E-state index in [1.165, 1.54) is 5.71 Å². The largest absolute Gasteiger partial charge is 0.378 e. The molecule has 3 nitrogen and oxygen atoms in total. The van der Waals surface area contributed by atoms with E-state index in [4.69, 9.17) is 9.73 Å². The van der Waals surface area contributed by atoms with Crippen molar-refractivity contribution in [2.75, 3.05) is 13.7 Å². The number of para-hydroxylation sites is 1. The van der Waals surface area contributed by atoms with Crippen LogP contribution < -0.4 is 0 Å². The zero-order valence-electron chi connectivity index (χ0n) is 11.3. The predicted molar refractivity (Wildman–Crippen MR) is 76.3 cm³/mol. The second-order valence-corrected chi connectivity index (χ2v) is 4.64. The van der Waals surface area contributed by atoms with Gasteiger partial charge in [0.15, 0.2) is 0 Å². The molecular weight excluding hydrogens is 224 g/mol. The van der Waals surface area contributed by atoms with E-state index in [1.54, 1.807) is 0 Å². The van der Waals surface area contributed by atoms with Crippen molar-refractivity contribution >= 4 is 17.1 Å². The minimum Gasteiger partial charge on any atom is -0.378 e. The van der Waals surface area contributed by atoms with E-state index in [2.05, 4.69) is 24.0 Å². The summed E-state index contributed by atoms with van der Waals surface area (Å²) in [7, 11) is 1.82. The first-order valence-electron chi connectivity index (χ1n) is 6.41. The summed E-state index contributed by atoms with van der Waals surface area (Å²) in [5.41, 5.74) is 4.39. The van der Waals surface area contributed by atoms with Gasteiger partial charge < -0.3 is 4.74 Å². The van der Waals surface area contributed by atoms with Crippen molar-refractivity contribution in [2.24, 2.45) is 9.98 Å². The molecule has 1 fully saturated rings. The van der Waals surface area contributed by atoms with Crippen molar-refractivity contribution in [3.8, 4) is 0 Å². The first-order chi connectivity index (χ1) is 8.70. The lowest BCUT2D eigenvalue weighted by Crippen LogP contribution is -2.22. The van der Waals surface area contributed by atoms with Gasteiger partial charge in [-0.3, -0.25) is 9.98 Å². The molecule has 1 aromatic rings. The van der Waals surface area contributed by atoms with Crippen LogP contribution in [0.5, 0.6) is 0 Å². The van der Waals surface area contributed by atoms with Crippen LogP contribution in [0, 0.1) is 0 Å². The van der Waals surface area contributed by atoms with Crippen molar-refractivity contribution in [3.63, 3.8) is 0 Å². The summed E-state index contributed by atoms with van der Waals surface area (Å²) in [6.07, 6.45) is 2.14. The minimum atomic E-state index is 0.283. The first kappa shape index (κ1) is 13.0. The SMILES string of the molecule is CN=C(C)c1ccccc1N=C1CCOC(C)C1. The molecule has 0 aliphatic carbocycles. The van der Waals surface area contributed by atoms with Gasteiger partial charge in [-0.25, -0.2) is 0 Å². The number of ether oxygens (including phenoxy) is 1. The highest BCUT2D eigenvalue weighted by molar-refractivity contribution is 6.04. The van der Waals surface area contributed by atoms with Gasteiger partial charge in [-0.05, 0) is 19.9 Å². The topological polar surface area (TPSA) is 34.0 Å². The summed E-state index contributed by atoms with van der Waals surface area (Å²) in [6.45, 7) is 4.90. The maximum absolute atomic E-state index is 5.54. The van der Waals surface area contributed by atoms with Crippen LogP contribution in [0.1, 0.15) is 32.3 Å². The van der Waals surface area contributed by atoms with Gasteiger partial charge in [0.05, 0.1) is 18.4 Å². The lowest BCUT2D eigenvalue weighted by Gasteiger charge is -2.20. The van der Waals surface area contributed by atoms with E-state index in [1.807, 2.05) is 26.1 Å². The summed E-state index contributed by atoms with van der Waals surface area (Å²) in [4.78, 5) is 9.04. The molecule has 0 aromatic heterocycles. The molecule has 2 rings (SSSR count). The van der Waals surface area contributed by atoms with Crippen molar-refractivity contribution in [1.29, 1.82) is 0 Å². The van der Waals surface area contributed by atoms with Gasteiger partial charge in [0, 0.05) is 36.9 Å². The number of rotatable bonds is 2. The van der Waals surface area contributed by atoms with Crippen molar-refractivity contribution in [2.45, 2.75) is 32.8 Å². The maximum atomic E-state index is 5.54. The number of aliphatic imine (C=N–C) groups is 2. The Balaban J connectivity index is 2.31. The Morgan fingerprint density at radius 2 is 2.11 bits per heavy atom. The fraction of sp³-hybridized carbons (Fsp3) is 0.467. The van der Waals surface area contributed by atoms with Crippen LogP contribution in [0.2, 0.25) is 0 Å². The number of benzene rings is 1. The zero-order valence-corrected chi connectivity index (χ0v) is 11.3. The normalized spacial score (nSPS) is 23.4. The lowest BCUT2D eigenvalue weighted by atomic mass is 10.1. The molecule has 96 valence electrons. The molecule has 1 unspecified atom stereocenters. The smallest absolute Gasteiger partial charge is 0.0719 e. The van der Waals surface area contributed by atoms with E-state index in [9.17, 15) is 0 Å². The standard InChI is InChI=1S/C15H20N2O/c1-11-10-13(8-9-18-11)17-15-7-5-4-6-14(15)12(2)16-3/h4-7,11H,8-10H2,1-3H3. The monoisotopic (exact) mass is 244 g/mol. The van der Waals surface area contributed by atoms with Gasteiger partial charge in [0.2, 0.25) is 0 Å². The van der Waals surface area contributed by atoms with E-state index >= 15 is 0 Å². The molecule has 1 heterocycles. The zero-order chi connectivity index (χ0) is 13.0. The Morgan fingerprint density at radius 3 is 2.83 bits per heavy atom. The summed E-state index contributed by atoms with van der Waals surface area (Å²) in [5, 5.41) is 0. The average molecular weight is 244 g/mol. The quantitative estimate of drug-likeness (QED) is 0.734. The van der Waals surface area contributed by atoms with Gasteiger partial charge in [0.1, 0.15) is 0 Å². The molecule has 1 saturated heterocycles. The molecule has 0 bridgehead atoms. The van der Waals surface area contributed by atoms with Crippen molar-refractivity contribution < 1.29 is 4.74 Å². The molecule has 18 heavy (non-hydrogen) atoms. The third kappa shape index (κ3) is 3.05. The number of hydrogen-bond acceptors (Lipinski definition) is 3. The van der Waals surface area contributed by atoms with Gasteiger partial charge in [-0.1, -0.05) is 18.2 Å². The Labute approximate surface area is 109 Å². The Bertz CT molecular complexity index is 477. The Hall–Kier alpha value is -1.48. The molecule has 0 saturated carbocycles. The van der Waals surface area contributed by atoms with Gasteiger partial charge in [-0.2, -0.15) is 0 Å². The highest BCUT2D eigenvalue weighted by atomic mass is 16.5. The van der Waals surface area contributed by atoms with E-state index < -0.39 is 0 Å². The summed E-state index contributed by atoms with van der Waals surface area (Å²) in [5.74, 6) is 0. The molecular formula is C15H20N2O. The van der Waals surface area contributed by atoms with Crippen LogP contribution in [-0.4, -0.2) is 31.2 Å². The first-order valence-corrected chi connectivity index (χ1v) is 6.41. The highest BCUT2D eigenvalue weighted by Crippen LogP contribution is 2.22. The fourth-order valence-corrected chi connectivity index (χ4v) is 2.14. The van der Waals surface area contributed by atoms with Crippen LogP contribution in [0.3, 0.4) is 0 Å². The van der Waals surface area contributed by atoms with E-state index in [-0.39, 0.29) is 6.10 Å². The van der Waals surface area contributed by atoms with Crippen LogP contribution in [0.15, 0.2) is 34.3 Å². The van der Waals surface area contributed by atoms with Gasteiger partial charge in [0.25, 0.3) is 0 Å². The predicted octanol–water partition coefficient (Wildman–Crippen LogP) is 3.40. The third-order valence-corrected chi connectivity index (χ3v) is 3.22. The number of nitrogens with zero attached hydrogens (tertiary/aromatic N) is 2. The molecule has 1 aromatic carbocycles. The van der Waals surface area contributed by atoms with Crippen molar-refractivity contribution in [1.82, 2.24) is 0 Å². The summed E-state index contributed by atoms with van der Waals surface area (Å²) in [6, 6.07) is 8.18. The molecule has 1 atom stereocenters. The molecule has 1 aliphatic rings. The van der Waals surface area contributed by atoms with Gasteiger partial charge >= 0.3 is 0 Å².